The number of nitrogens with zero attached hydrogens (tertiary/aromatic N) is 4. The van der Waals surface area contributed by atoms with E-state index in [2.05, 4.69) is 21.3 Å². The summed E-state index contributed by atoms with van der Waals surface area (Å²) in [5.41, 5.74) is 2.48. The van der Waals surface area contributed by atoms with Crippen molar-refractivity contribution in [3.8, 4) is 28.8 Å². The van der Waals surface area contributed by atoms with Crippen LogP contribution in [0.5, 0.6) is 11.5 Å². The SMILES string of the molecule is Cc1nc2c(SCC#N)nnc(-c3ccc4c(c3)OCO4)c2s1. The smallest absolute Gasteiger partial charge is 0.231 e. The Morgan fingerprint density at radius 1 is 1.30 bits per heavy atom. The van der Waals surface area contributed by atoms with Gasteiger partial charge in [0.05, 0.1) is 21.5 Å². The summed E-state index contributed by atoms with van der Waals surface area (Å²) in [4.78, 5) is 4.55. The molecular weight excluding hydrogens is 332 g/mol. The average molecular weight is 342 g/mol. The quantitative estimate of drug-likeness (QED) is 0.675. The van der Waals surface area contributed by atoms with Gasteiger partial charge < -0.3 is 9.47 Å². The maximum absolute atomic E-state index is 8.76. The van der Waals surface area contributed by atoms with Gasteiger partial charge >= 0.3 is 0 Å². The summed E-state index contributed by atoms with van der Waals surface area (Å²) in [5.74, 6) is 1.77. The van der Waals surface area contributed by atoms with Gasteiger partial charge in [-0.2, -0.15) is 5.26 Å². The number of aromatic nitrogens is 3. The first kappa shape index (κ1) is 14.2. The van der Waals surface area contributed by atoms with E-state index in [0.29, 0.717) is 16.5 Å². The number of rotatable bonds is 3. The van der Waals surface area contributed by atoms with Crippen LogP contribution in [-0.2, 0) is 0 Å². The van der Waals surface area contributed by atoms with E-state index >= 15 is 0 Å². The van der Waals surface area contributed by atoms with Crippen LogP contribution in [0.3, 0.4) is 0 Å². The molecule has 1 aromatic carbocycles. The molecule has 114 valence electrons. The third-order valence-corrected chi connectivity index (χ3v) is 5.11. The lowest BCUT2D eigenvalue weighted by Gasteiger charge is -2.05. The molecule has 0 spiro atoms. The van der Waals surface area contributed by atoms with Crippen LogP contribution in [0.4, 0.5) is 0 Å². The molecule has 3 aromatic rings. The van der Waals surface area contributed by atoms with E-state index in [4.69, 9.17) is 14.7 Å². The van der Waals surface area contributed by atoms with E-state index in [1.54, 1.807) is 11.3 Å². The van der Waals surface area contributed by atoms with Crippen molar-refractivity contribution in [3.05, 3.63) is 23.2 Å². The third-order valence-electron chi connectivity index (χ3n) is 3.31. The van der Waals surface area contributed by atoms with E-state index < -0.39 is 0 Å². The number of ether oxygens (including phenoxy) is 2. The van der Waals surface area contributed by atoms with Crippen LogP contribution in [-0.4, -0.2) is 27.7 Å². The van der Waals surface area contributed by atoms with Gasteiger partial charge in [-0.1, -0.05) is 11.8 Å². The van der Waals surface area contributed by atoms with Crippen molar-refractivity contribution in [1.29, 1.82) is 5.26 Å². The van der Waals surface area contributed by atoms with Crippen LogP contribution in [0.25, 0.3) is 21.5 Å². The van der Waals surface area contributed by atoms with Crippen LogP contribution >= 0.6 is 23.1 Å². The largest absolute Gasteiger partial charge is 0.454 e. The fraction of sp³-hybridized carbons (Fsp3) is 0.200. The van der Waals surface area contributed by atoms with Gasteiger partial charge in [-0.05, 0) is 25.1 Å². The fourth-order valence-electron chi connectivity index (χ4n) is 2.35. The van der Waals surface area contributed by atoms with Gasteiger partial charge in [0.2, 0.25) is 6.79 Å². The summed E-state index contributed by atoms with van der Waals surface area (Å²) in [6, 6.07) is 7.82. The van der Waals surface area contributed by atoms with Crippen LogP contribution in [0.1, 0.15) is 5.01 Å². The maximum atomic E-state index is 8.76. The Labute approximate surface area is 140 Å². The first-order chi connectivity index (χ1) is 11.3. The highest BCUT2D eigenvalue weighted by molar-refractivity contribution is 7.99. The normalized spacial score (nSPS) is 12.5. The standard InChI is InChI=1S/C15H10N4O2S2/c1-8-17-13-14(23-8)12(18-19-15(13)22-5-4-16)9-2-3-10-11(6-9)21-7-20-10/h2-3,6H,5,7H2,1H3. The molecule has 4 rings (SSSR count). The van der Waals surface area contributed by atoms with Gasteiger partial charge in [-0.15, -0.1) is 21.5 Å². The Hall–Kier alpha value is -2.37. The van der Waals surface area contributed by atoms with Gasteiger partial charge in [-0.25, -0.2) is 4.98 Å². The molecule has 1 aliphatic rings. The highest BCUT2D eigenvalue weighted by Gasteiger charge is 2.19. The van der Waals surface area contributed by atoms with Gasteiger partial charge in [0.15, 0.2) is 11.5 Å². The molecule has 0 aliphatic carbocycles. The predicted molar refractivity (Wildman–Crippen MR) is 87.8 cm³/mol. The van der Waals surface area contributed by atoms with E-state index in [0.717, 1.165) is 32.2 Å². The summed E-state index contributed by atoms with van der Waals surface area (Å²) in [6.45, 7) is 2.19. The second-order valence-corrected chi connectivity index (χ2v) is 6.95. The molecule has 0 unspecified atom stereocenters. The van der Waals surface area contributed by atoms with E-state index in [1.807, 2.05) is 25.1 Å². The molecule has 0 saturated carbocycles. The minimum atomic E-state index is 0.239. The lowest BCUT2D eigenvalue weighted by molar-refractivity contribution is 0.174. The number of fused-ring (bicyclic) bond motifs is 2. The van der Waals surface area contributed by atoms with Crippen LogP contribution in [0.2, 0.25) is 0 Å². The first-order valence-corrected chi connectivity index (χ1v) is 8.60. The molecule has 0 atom stereocenters. The predicted octanol–water partition coefficient (Wildman–Crippen LogP) is 3.41. The minimum Gasteiger partial charge on any atom is -0.454 e. The highest BCUT2D eigenvalue weighted by Crippen LogP contribution is 2.39. The Morgan fingerprint density at radius 3 is 3.04 bits per heavy atom. The van der Waals surface area contributed by atoms with Crippen molar-refractivity contribution < 1.29 is 9.47 Å². The number of thiazole rings is 1. The van der Waals surface area contributed by atoms with Crippen molar-refractivity contribution in [2.24, 2.45) is 0 Å². The lowest BCUT2D eigenvalue weighted by atomic mass is 10.1. The highest BCUT2D eigenvalue weighted by atomic mass is 32.2. The Bertz CT molecular complexity index is 949. The number of aryl methyl sites for hydroxylation is 1. The van der Waals surface area contributed by atoms with Gasteiger partial charge in [-0.3, -0.25) is 0 Å². The second kappa shape index (κ2) is 5.68. The van der Waals surface area contributed by atoms with Crippen LogP contribution in [0.15, 0.2) is 23.2 Å². The van der Waals surface area contributed by atoms with Crippen molar-refractivity contribution in [3.63, 3.8) is 0 Å². The number of nitriles is 1. The Balaban J connectivity index is 1.86. The maximum Gasteiger partial charge on any atom is 0.231 e. The molecule has 0 amide bonds. The molecule has 0 radical (unpaired) electrons. The van der Waals surface area contributed by atoms with Gasteiger partial charge in [0.25, 0.3) is 0 Å². The summed E-state index contributed by atoms with van der Waals surface area (Å²) in [6.07, 6.45) is 0. The molecule has 0 saturated heterocycles. The summed E-state index contributed by atoms with van der Waals surface area (Å²) < 4.78 is 11.7. The van der Waals surface area contributed by atoms with Crippen molar-refractivity contribution >= 4 is 33.3 Å². The first-order valence-electron chi connectivity index (χ1n) is 6.80. The molecule has 1 aliphatic heterocycles. The lowest BCUT2D eigenvalue weighted by Crippen LogP contribution is -1.93. The molecule has 2 aromatic heterocycles. The summed E-state index contributed by atoms with van der Waals surface area (Å²) in [5, 5.41) is 19.0. The molecule has 3 heterocycles. The van der Waals surface area contributed by atoms with Gasteiger partial charge in [0.1, 0.15) is 16.2 Å². The zero-order valence-electron chi connectivity index (χ0n) is 12.1. The summed E-state index contributed by atoms with van der Waals surface area (Å²) >= 11 is 2.92. The molecule has 0 fully saturated rings. The molecule has 23 heavy (non-hydrogen) atoms. The minimum absolute atomic E-state index is 0.239. The summed E-state index contributed by atoms with van der Waals surface area (Å²) in [7, 11) is 0. The fourth-order valence-corrected chi connectivity index (χ4v) is 3.93. The van der Waals surface area contributed by atoms with Gasteiger partial charge in [0, 0.05) is 5.56 Å². The molecule has 6 nitrogen and oxygen atoms in total. The monoisotopic (exact) mass is 342 g/mol. The van der Waals surface area contributed by atoms with Crippen molar-refractivity contribution in [2.75, 3.05) is 12.5 Å². The van der Waals surface area contributed by atoms with E-state index in [1.165, 1.54) is 11.8 Å². The van der Waals surface area contributed by atoms with Crippen molar-refractivity contribution in [2.45, 2.75) is 11.9 Å². The third kappa shape index (κ3) is 2.48. The van der Waals surface area contributed by atoms with Crippen LogP contribution < -0.4 is 9.47 Å². The van der Waals surface area contributed by atoms with E-state index in [9.17, 15) is 0 Å². The average Bonchev–Trinajstić information content (AvgIpc) is 3.17. The second-order valence-electron chi connectivity index (χ2n) is 4.78. The molecule has 8 heteroatoms. The molecular formula is C15H10N4O2S2. The zero-order valence-corrected chi connectivity index (χ0v) is 13.7. The van der Waals surface area contributed by atoms with Crippen molar-refractivity contribution in [1.82, 2.24) is 15.2 Å². The Kier molecular flexibility index (Phi) is 3.52. The number of benzene rings is 1. The topological polar surface area (TPSA) is 80.9 Å². The van der Waals surface area contributed by atoms with E-state index in [-0.39, 0.29) is 6.79 Å². The number of thioether (sulfide) groups is 1. The molecule has 0 bridgehead atoms. The Morgan fingerprint density at radius 2 is 2.17 bits per heavy atom. The van der Waals surface area contributed by atoms with Crippen LogP contribution in [0, 0.1) is 18.3 Å². The zero-order chi connectivity index (χ0) is 15.8. The number of hydrogen-bond acceptors (Lipinski definition) is 8. The number of hydrogen-bond donors (Lipinski definition) is 0. The molecule has 0 N–H and O–H groups in total.